The van der Waals surface area contributed by atoms with E-state index in [1.807, 2.05) is 19.2 Å². The number of aromatic nitrogens is 1. The number of hydrogen-bond acceptors (Lipinski definition) is 7. The van der Waals surface area contributed by atoms with Crippen molar-refractivity contribution in [2.75, 3.05) is 6.54 Å². The van der Waals surface area contributed by atoms with Crippen molar-refractivity contribution in [2.45, 2.75) is 63.3 Å². The molecule has 0 radical (unpaired) electrons. The van der Waals surface area contributed by atoms with Gasteiger partial charge in [0.2, 0.25) is 15.8 Å². The first-order valence-corrected chi connectivity index (χ1v) is 13.9. The lowest BCUT2D eigenvalue weighted by Gasteiger charge is -2.22. The third-order valence-electron chi connectivity index (χ3n) is 5.70. The summed E-state index contributed by atoms with van der Waals surface area (Å²) in [5.74, 6) is -2.48. The zero-order valence-electron chi connectivity index (χ0n) is 19.5. The number of ketones is 2. The highest BCUT2D eigenvalue weighted by atomic mass is 32.2. The summed E-state index contributed by atoms with van der Waals surface area (Å²) < 4.78 is 28.2. The smallest absolute Gasteiger partial charge is 0.287 e. The largest absolute Gasteiger partial charge is 0.349 e. The molecule has 2 bridgehead atoms. The molecule has 0 spiro atoms. The van der Waals surface area contributed by atoms with Crippen LogP contribution in [0.25, 0.3) is 0 Å². The number of fused-ring (bicyclic) bond motifs is 2. The van der Waals surface area contributed by atoms with Crippen molar-refractivity contribution in [1.29, 1.82) is 0 Å². The van der Waals surface area contributed by atoms with E-state index in [1.54, 1.807) is 29.5 Å². The molecule has 1 amide bonds. The normalized spacial score (nSPS) is 18.6. The molecular formula is C24H31N3O5S2. The molecule has 2 aromatic rings. The Labute approximate surface area is 204 Å². The van der Waals surface area contributed by atoms with Gasteiger partial charge in [-0.15, -0.1) is 11.3 Å². The highest BCUT2D eigenvalue weighted by molar-refractivity contribution is 7.89. The van der Waals surface area contributed by atoms with Gasteiger partial charge in [-0.25, -0.2) is 18.1 Å². The molecule has 34 heavy (non-hydrogen) atoms. The van der Waals surface area contributed by atoms with E-state index in [0.29, 0.717) is 38.6 Å². The maximum atomic E-state index is 13.3. The van der Waals surface area contributed by atoms with Crippen molar-refractivity contribution in [3.8, 4) is 0 Å². The Kier molecular flexibility index (Phi) is 9.10. The number of carbonyl (C=O) groups excluding carboxylic acids is 3. The number of benzene rings is 1. The predicted molar refractivity (Wildman–Crippen MR) is 130 cm³/mol. The molecule has 3 rings (SSSR count). The lowest BCUT2D eigenvalue weighted by molar-refractivity contribution is -0.141. The van der Waals surface area contributed by atoms with Gasteiger partial charge < -0.3 is 5.32 Å². The third-order valence-corrected chi connectivity index (χ3v) is 8.14. The first-order valence-electron chi connectivity index (χ1n) is 11.5. The monoisotopic (exact) mass is 505 g/mol. The van der Waals surface area contributed by atoms with Crippen molar-refractivity contribution < 1.29 is 22.8 Å². The highest BCUT2D eigenvalue weighted by Gasteiger charge is 2.32. The number of hydrogen-bond donors (Lipinski definition) is 2. The molecular weight excluding hydrogens is 474 g/mol. The van der Waals surface area contributed by atoms with Crippen LogP contribution in [0.5, 0.6) is 0 Å². The molecule has 1 aromatic carbocycles. The average Bonchev–Trinajstić information content (AvgIpc) is 3.24. The second-order valence-electron chi connectivity index (χ2n) is 8.98. The lowest BCUT2D eigenvalue weighted by Crippen LogP contribution is -2.44. The first kappa shape index (κ1) is 26.2. The van der Waals surface area contributed by atoms with Crippen LogP contribution in [0, 0.1) is 11.8 Å². The second-order valence-corrected chi connectivity index (χ2v) is 11.6. The van der Waals surface area contributed by atoms with E-state index in [2.05, 4.69) is 15.0 Å². The van der Waals surface area contributed by atoms with E-state index in [4.69, 9.17) is 0 Å². The zero-order valence-corrected chi connectivity index (χ0v) is 21.1. The van der Waals surface area contributed by atoms with Gasteiger partial charge in [-0.05, 0) is 43.7 Å². The number of amides is 1. The molecule has 0 saturated carbocycles. The second kappa shape index (κ2) is 11.8. The number of nitrogens with one attached hydrogen (secondary N) is 2. The Bertz CT molecular complexity index is 1110. The molecule has 1 aliphatic heterocycles. The zero-order chi connectivity index (χ0) is 24.7. The van der Waals surface area contributed by atoms with Crippen LogP contribution in [-0.4, -0.2) is 43.5 Å². The van der Waals surface area contributed by atoms with Gasteiger partial charge >= 0.3 is 0 Å². The molecule has 1 aromatic heterocycles. The fraction of sp³-hybridized carbons (Fsp3) is 0.500. The molecule has 1 aliphatic rings. The summed E-state index contributed by atoms with van der Waals surface area (Å²) >= 11 is 1.55. The Morgan fingerprint density at radius 3 is 2.65 bits per heavy atom. The molecule has 2 atom stereocenters. The number of rotatable bonds is 8. The summed E-state index contributed by atoms with van der Waals surface area (Å²) in [6.07, 6.45) is 2.27. The van der Waals surface area contributed by atoms with Gasteiger partial charge in [0.15, 0.2) is 5.78 Å². The minimum Gasteiger partial charge on any atom is -0.349 e. The molecule has 184 valence electrons. The van der Waals surface area contributed by atoms with E-state index in [1.165, 1.54) is 12.1 Å². The van der Waals surface area contributed by atoms with Crippen LogP contribution in [0.2, 0.25) is 0 Å². The van der Waals surface area contributed by atoms with Gasteiger partial charge in [0, 0.05) is 30.7 Å². The molecule has 0 aliphatic carbocycles. The molecule has 2 N–H and O–H groups in total. The summed E-state index contributed by atoms with van der Waals surface area (Å²) in [5, 5.41) is 5.55. The van der Waals surface area contributed by atoms with E-state index >= 15 is 0 Å². The summed E-state index contributed by atoms with van der Waals surface area (Å²) in [4.78, 5) is 43.2. The van der Waals surface area contributed by atoms with Crippen LogP contribution in [0.3, 0.4) is 0 Å². The van der Waals surface area contributed by atoms with Gasteiger partial charge in [0.05, 0.1) is 21.6 Å². The summed E-state index contributed by atoms with van der Waals surface area (Å²) in [6, 6.07) is 6.88. The third kappa shape index (κ3) is 7.28. The molecule has 10 heteroatoms. The maximum Gasteiger partial charge on any atom is 0.287 e. The Morgan fingerprint density at radius 2 is 1.94 bits per heavy atom. The summed E-state index contributed by atoms with van der Waals surface area (Å²) in [5.41, 5.74) is 0.891. The Hall–Kier alpha value is -2.43. The van der Waals surface area contributed by atoms with Gasteiger partial charge in [0.25, 0.3) is 5.91 Å². The van der Waals surface area contributed by atoms with E-state index < -0.39 is 33.7 Å². The number of thiazole rings is 1. The Morgan fingerprint density at radius 1 is 1.21 bits per heavy atom. The van der Waals surface area contributed by atoms with E-state index in [9.17, 15) is 22.8 Å². The van der Waals surface area contributed by atoms with Crippen molar-refractivity contribution in [3.63, 3.8) is 0 Å². The van der Waals surface area contributed by atoms with E-state index in [0.717, 1.165) is 10.7 Å². The van der Waals surface area contributed by atoms with Gasteiger partial charge in [-0.1, -0.05) is 32.0 Å². The number of nitrogens with zero attached hydrogens (tertiary/aromatic N) is 1. The number of Topliss-reactive ketones (excluding diaryl/α,β-unsaturated/α-hetero) is 2. The van der Waals surface area contributed by atoms with Gasteiger partial charge in [0.1, 0.15) is 0 Å². The minimum absolute atomic E-state index is 0.0434. The quantitative estimate of drug-likeness (QED) is 0.532. The van der Waals surface area contributed by atoms with Crippen molar-refractivity contribution in [3.05, 3.63) is 46.4 Å². The van der Waals surface area contributed by atoms with Crippen LogP contribution in [0.15, 0.2) is 40.6 Å². The van der Waals surface area contributed by atoms with Crippen LogP contribution < -0.4 is 10.0 Å². The van der Waals surface area contributed by atoms with Gasteiger partial charge in [-0.3, -0.25) is 14.4 Å². The molecule has 0 fully saturated rings. The Balaban J connectivity index is 1.76. The topological polar surface area (TPSA) is 122 Å². The molecule has 2 unspecified atom stereocenters. The molecule has 2 heterocycles. The average molecular weight is 506 g/mol. The molecule has 0 saturated heterocycles. The molecule has 8 nitrogen and oxygen atoms in total. The van der Waals surface area contributed by atoms with Crippen LogP contribution in [-0.2, 0) is 37.2 Å². The first-order chi connectivity index (χ1) is 16.2. The minimum atomic E-state index is -3.91. The summed E-state index contributed by atoms with van der Waals surface area (Å²) in [7, 11) is -3.91. The van der Waals surface area contributed by atoms with Crippen molar-refractivity contribution >= 4 is 38.8 Å². The van der Waals surface area contributed by atoms with Gasteiger partial charge in [-0.2, -0.15) is 0 Å². The van der Waals surface area contributed by atoms with Crippen LogP contribution in [0.1, 0.15) is 50.2 Å². The number of aryl methyl sites for hydroxylation is 1. The lowest BCUT2D eigenvalue weighted by atomic mass is 9.88. The van der Waals surface area contributed by atoms with Crippen LogP contribution >= 0.6 is 11.3 Å². The SMILES string of the molecule is CC(C)CC(NS(=O)(=O)c1ccccc1)C(=O)CC1CCCc2nc(cs2)CCNC(=O)C1=O. The maximum absolute atomic E-state index is 13.3. The number of carbonyl (C=O) groups is 3. The standard InChI is InChI=1S/C24H31N3O5S2/c1-16(2)13-20(27-34(31,32)19-8-4-3-5-9-19)21(28)14-17-7-6-10-22-26-18(15-33-22)11-12-25-24(30)23(17)29/h3-5,8-9,15-17,20,27H,6-7,10-14H2,1-2H3,(H,25,30). The van der Waals surface area contributed by atoms with E-state index in [-0.39, 0.29) is 23.0 Å². The summed E-state index contributed by atoms with van der Waals surface area (Å²) in [6.45, 7) is 4.09. The predicted octanol–water partition coefficient (Wildman–Crippen LogP) is 2.68. The number of sulfonamides is 1. The fourth-order valence-electron chi connectivity index (χ4n) is 3.94. The van der Waals surface area contributed by atoms with Crippen molar-refractivity contribution in [2.24, 2.45) is 11.8 Å². The van der Waals surface area contributed by atoms with Crippen molar-refractivity contribution in [1.82, 2.24) is 15.0 Å². The van der Waals surface area contributed by atoms with Crippen LogP contribution in [0.4, 0.5) is 0 Å². The highest BCUT2D eigenvalue weighted by Crippen LogP contribution is 2.22. The fourth-order valence-corrected chi connectivity index (χ4v) is 6.07.